The van der Waals surface area contributed by atoms with E-state index in [9.17, 15) is 10.1 Å². The third-order valence-corrected chi connectivity index (χ3v) is 5.06. The molecule has 0 saturated carbocycles. The summed E-state index contributed by atoms with van der Waals surface area (Å²) in [4.78, 5) is 15.2. The zero-order chi connectivity index (χ0) is 19.8. The molecule has 0 saturated heterocycles. The SMILES string of the molecule is N#Cc1cccc(C2Nc3ccccc3C(=O)N2c2ccc3c(c2)OCCO3)c1. The molecule has 2 aliphatic heterocycles. The summed E-state index contributed by atoms with van der Waals surface area (Å²) in [5, 5.41) is 12.8. The number of hydrogen-bond acceptors (Lipinski definition) is 5. The van der Waals surface area contributed by atoms with Crippen LogP contribution in [0.4, 0.5) is 11.4 Å². The fraction of sp³-hybridized carbons (Fsp3) is 0.130. The van der Waals surface area contributed by atoms with Crippen LogP contribution in [0.25, 0.3) is 0 Å². The predicted octanol–water partition coefficient (Wildman–Crippen LogP) is 4.10. The van der Waals surface area contributed by atoms with E-state index in [0.29, 0.717) is 41.5 Å². The first-order valence-corrected chi connectivity index (χ1v) is 9.33. The van der Waals surface area contributed by atoms with Gasteiger partial charge in [-0.2, -0.15) is 5.26 Å². The lowest BCUT2D eigenvalue weighted by Gasteiger charge is -2.38. The van der Waals surface area contributed by atoms with Crippen molar-refractivity contribution in [2.45, 2.75) is 6.17 Å². The Hall–Kier alpha value is -3.98. The topological polar surface area (TPSA) is 74.6 Å². The number of carbonyl (C=O) groups is 1. The normalized spacial score (nSPS) is 17.1. The second-order valence-electron chi connectivity index (χ2n) is 6.83. The molecule has 0 bridgehead atoms. The van der Waals surface area contributed by atoms with Crippen LogP contribution in [0.1, 0.15) is 27.7 Å². The fourth-order valence-electron chi connectivity index (χ4n) is 3.71. The van der Waals surface area contributed by atoms with Gasteiger partial charge in [-0.25, -0.2) is 0 Å². The molecule has 29 heavy (non-hydrogen) atoms. The first kappa shape index (κ1) is 17.1. The van der Waals surface area contributed by atoms with Gasteiger partial charge in [0.15, 0.2) is 11.5 Å². The number of carbonyl (C=O) groups excluding carboxylic acids is 1. The van der Waals surface area contributed by atoms with Crippen LogP contribution in [-0.2, 0) is 0 Å². The van der Waals surface area contributed by atoms with Gasteiger partial charge >= 0.3 is 0 Å². The molecule has 0 aliphatic carbocycles. The molecule has 5 rings (SSSR count). The lowest BCUT2D eigenvalue weighted by molar-refractivity contribution is 0.0974. The second-order valence-corrected chi connectivity index (χ2v) is 6.83. The lowest BCUT2D eigenvalue weighted by atomic mass is 10.0. The van der Waals surface area contributed by atoms with Crippen molar-refractivity contribution in [3.05, 3.63) is 83.4 Å². The number of nitrogens with one attached hydrogen (secondary N) is 1. The Balaban J connectivity index is 1.65. The van der Waals surface area contributed by atoms with Crippen molar-refractivity contribution in [2.24, 2.45) is 0 Å². The molecule has 1 N–H and O–H groups in total. The van der Waals surface area contributed by atoms with E-state index in [-0.39, 0.29) is 5.91 Å². The van der Waals surface area contributed by atoms with Gasteiger partial charge in [0.1, 0.15) is 19.4 Å². The molecule has 0 radical (unpaired) electrons. The van der Waals surface area contributed by atoms with Gasteiger partial charge in [0, 0.05) is 11.8 Å². The molecule has 1 unspecified atom stereocenters. The van der Waals surface area contributed by atoms with Gasteiger partial charge in [-0.15, -0.1) is 0 Å². The molecule has 2 aliphatic rings. The molecule has 0 spiro atoms. The number of ether oxygens (including phenoxy) is 2. The highest BCUT2D eigenvalue weighted by Gasteiger charge is 2.34. The van der Waals surface area contributed by atoms with Gasteiger partial charge in [-0.3, -0.25) is 9.69 Å². The van der Waals surface area contributed by atoms with E-state index >= 15 is 0 Å². The largest absolute Gasteiger partial charge is 0.486 e. The Bertz CT molecular complexity index is 1150. The number of fused-ring (bicyclic) bond motifs is 2. The lowest BCUT2D eigenvalue weighted by Crippen LogP contribution is -2.43. The number of hydrogen-bond donors (Lipinski definition) is 1. The molecule has 3 aromatic carbocycles. The maximum absolute atomic E-state index is 13.5. The Morgan fingerprint density at radius 2 is 1.79 bits per heavy atom. The van der Waals surface area contributed by atoms with Crippen molar-refractivity contribution >= 4 is 17.3 Å². The highest BCUT2D eigenvalue weighted by atomic mass is 16.6. The molecule has 1 atom stereocenters. The maximum Gasteiger partial charge on any atom is 0.262 e. The van der Waals surface area contributed by atoms with E-state index in [1.165, 1.54) is 0 Å². The van der Waals surface area contributed by atoms with Crippen molar-refractivity contribution in [1.29, 1.82) is 5.26 Å². The average molecular weight is 383 g/mol. The van der Waals surface area contributed by atoms with E-state index in [1.54, 1.807) is 23.1 Å². The van der Waals surface area contributed by atoms with Crippen LogP contribution < -0.4 is 19.7 Å². The molecule has 1 amide bonds. The molecule has 0 fully saturated rings. The number of anilines is 2. The summed E-state index contributed by atoms with van der Waals surface area (Å²) in [6.07, 6.45) is -0.465. The van der Waals surface area contributed by atoms with Gasteiger partial charge in [0.05, 0.1) is 22.9 Å². The monoisotopic (exact) mass is 383 g/mol. The maximum atomic E-state index is 13.5. The number of nitriles is 1. The highest BCUT2D eigenvalue weighted by molar-refractivity contribution is 6.12. The molecular formula is C23H17N3O3. The van der Waals surface area contributed by atoms with E-state index in [1.807, 2.05) is 48.5 Å². The zero-order valence-electron chi connectivity index (χ0n) is 15.5. The molecule has 0 aromatic heterocycles. The van der Waals surface area contributed by atoms with E-state index in [4.69, 9.17) is 9.47 Å². The van der Waals surface area contributed by atoms with Crippen LogP contribution in [0.15, 0.2) is 66.7 Å². The molecular weight excluding hydrogens is 366 g/mol. The summed E-state index contributed by atoms with van der Waals surface area (Å²) < 4.78 is 11.3. The predicted molar refractivity (Wildman–Crippen MR) is 108 cm³/mol. The van der Waals surface area contributed by atoms with Crippen molar-refractivity contribution in [3.8, 4) is 17.6 Å². The van der Waals surface area contributed by atoms with Gasteiger partial charge in [-0.1, -0.05) is 24.3 Å². The summed E-state index contributed by atoms with van der Waals surface area (Å²) in [5.41, 5.74) is 3.40. The first-order valence-electron chi connectivity index (χ1n) is 9.33. The minimum absolute atomic E-state index is 0.122. The van der Waals surface area contributed by atoms with Crippen LogP contribution in [0.2, 0.25) is 0 Å². The van der Waals surface area contributed by atoms with E-state index < -0.39 is 6.17 Å². The molecule has 3 aromatic rings. The number of para-hydroxylation sites is 1. The third kappa shape index (κ3) is 2.93. The van der Waals surface area contributed by atoms with Crippen LogP contribution in [0.5, 0.6) is 11.5 Å². The van der Waals surface area contributed by atoms with Crippen molar-refractivity contribution < 1.29 is 14.3 Å². The Labute approximate surface area is 167 Å². The van der Waals surface area contributed by atoms with Crippen LogP contribution in [0.3, 0.4) is 0 Å². The number of amides is 1. The fourth-order valence-corrected chi connectivity index (χ4v) is 3.71. The van der Waals surface area contributed by atoms with Gasteiger partial charge < -0.3 is 14.8 Å². The molecule has 6 nitrogen and oxygen atoms in total. The van der Waals surface area contributed by atoms with Gasteiger partial charge in [-0.05, 0) is 42.0 Å². The summed E-state index contributed by atoms with van der Waals surface area (Å²) in [7, 11) is 0. The number of rotatable bonds is 2. The summed E-state index contributed by atoms with van der Waals surface area (Å²) in [5.74, 6) is 1.16. The smallest absolute Gasteiger partial charge is 0.262 e. The average Bonchev–Trinajstić information content (AvgIpc) is 2.79. The summed E-state index contributed by atoms with van der Waals surface area (Å²) >= 11 is 0. The van der Waals surface area contributed by atoms with Crippen molar-refractivity contribution in [3.63, 3.8) is 0 Å². The van der Waals surface area contributed by atoms with Gasteiger partial charge in [0.2, 0.25) is 0 Å². The third-order valence-electron chi connectivity index (χ3n) is 5.06. The first-order chi connectivity index (χ1) is 14.2. The van der Waals surface area contributed by atoms with E-state index in [2.05, 4.69) is 11.4 Å². The minimum atomic E-state index is -0.465. The zero-order valence-corrected chi connectivity index (χ0v) is 15.5. The highest BCUT2D eigenvalue weighted by Crippen LogP contribution is 2.40. The summed E-state index contributed by atoms with van der Waals surface area (Å²) in [6.45, 7) is 0.979. The van der Waals surface area contributed by atoms with E-state index in [0.717, 1.165) is 11.3 Å². The molecule has 2 heterocycles. The van der Waals surface area contributed by atoms with Gasteiger partial charge in [0.25, 0.3) is 5.91 Å². The number of benzene rings is 3. The van der Waals surface area contributed by atoms with Crippen LogP contribution in [0, 0.1) is 11.3 Å². The Morgan fingerprint density at radius 1 is 0.966 bits per heavy atom. The van der Waals surface area contributed by atoms with Crippen LogP contribution >= 0.6 is 0 Å². The molecule has 6 heteroatoms. The van der Waals surface area contributed by atoms with Crippen LogP contribution in [-0.4, -0.2) is 19.1 Å². The minimum Gasteiger partial charge on any atom is -0.486 e. The quantitative estimate of drug-likeness (QED) is 0.721. The second kappa shape index (κ2) is 6.88. The summed E-state index contributed by atoms with van der Waals surface area (Å²) in [6, 6.07) is 22.4. The van der Waals surface area contributed by atoms with Crippen molar-refractivity contribution in [1.82, 2.24) is 0 Å². The number of nitrogens with zero attached hydrogens (tertiary/aromatic N) is 2. The molecule has 142 valence electrons. The van der Waals surface area contributed by atoms with Crippen molar-refractivity contribution in [2.75, 3.05) is 23.4 Å². The Kier molecular flexibility index (Phi) is 4.07. The standard InChI is InChI=1S/C23H17N3O3/c24-14-15-4-3-5-16(12-15)22-25-19-7-2-1-6-18(19)23(27)26(22)17-8-9-20-21(13-17)29-11-10-28-20/h1-9,12-13,22,25H,10-11H2. The Morgan fingerprint density at radius 3 is 2.66 bits per heavy atom.